The molecule has 2 aromatic rings. The molecule has 0 radical (unpaired) electrons. The Bertz CT molecular complexity index is 546. The second kappa shape index (κ2) is 4.71. The molecule has 1 aliphatic rings. The molecule has 3 rings (SSSR count). The molecular weight excluding hydrogens is 222 g/mol. The molecule has 2 atom stereocenters. The summed E-state index contributed by atoms with van der Waals surface area (Å²) >= 11 is 0. The number of rotatable bonds is 2. The summed E-state index contributed by atoms with van der Waals surface area (Å²) in [6.07, 6.45) is 0. The Morgan fingerprint density at radius 1 is 1.11 bits per heavy atom. The van der Waals surface area contributed by atoms with Gasteiger partial charge < -0.3 is 10.0 Å². The van der Waals surface area contributed by atoms with Crippen LogP contribution in [0.25, 0.3) is 10.8 Å². The number of fused-ring (bicyclic) bond motifs is 1. The van der Waals surface area contributed by atoms with Gasteiger partial charge in [0, 0.05) is 31.5 Å². The molecule has 18 heavy (non-hydrogen) atoms. The van der Waals surface area contributed by atoms with Crippen LogP contribution >= 0.6 is 0 Å². The minimum Gasteiger partial charge on any atom is -0.396 e. The Kier molecular flexibility index (Phi) is 3.06. The fraction of sp³-hybridized carbons (Fsp3) is 0.375. The molecule has 0 unspecified atom stereocenters. The summed E-state index contributed by atoms with van der Waals surface area (Å²) in [5, 5.41) is 12.2. The van der Waals surface area contributed by atoms with Gasteiger partial charge in [0.05, 0.1) is 0 Å². The van der Waals surface area contributed by atoms with Gasteiger partial charge in [0.15, 0.2) is 0 Å². The van der Waals surface area contributed by atoms with Crippen molar-refractivity contribution in [2.45, 2.75) is 5.92 Å². The molecule has 2 aromatic carbocycles. The van der Waals surface area contributed by atoms with Crippen molar-refractivity contribution in [3.8, 4) is 0 Å². The van der Waals surface area contributed by atoms with Crippen molar-refractivity contribution in [1.29, 1.82) is 0 Å². The van der Waals surface area contributed by atoms with E-state index in [4.69, 9.17) is 0 Å². The van der Waals surface area contributed by atoms with Crippen LogP contribution in [0.15, 0.2) is 42.5 Å². The number of nitrogens with zero attached hydrogens (tertiary/aromatic N) is 1. The molecule has 0 aliphatic carbocycles. The lowest BCUT2D eigenvalue weighted by molar-refractivity contribution is 0.220. The van der Waals surface area contributed by atoms with Crippen LogP contribution in [-0.4, -0.2) is 36.8 Å². The van der Waals surface area contributed by atoms with Crippen LogP contribution in [0.5, 0.6) is 0 Å². The number of benzene rings is 2. The van der Waals surface area contributed by atoms with Crippen LogP contribution in [0.2, 0.25) is 0 Å². The van der Waals surface area contributed by atoms with Gasteiger partial charge in [0.2, 0.25) is 0 Å². The summed E-state index contributed by atoms with van der Waals surface area (Å²) in [4.78, 5) is 2.31. The number of hydrogen-bond donors (Lipinski definition) is 1. The molecule has 0 bridgehead atoms. The van der Waals surface area contributed by atoms with Gasteiger partial charge in [0.25, 0.3) is 0 Å². The van der Waals surface area contributed by atoms with Gasteiger partial charge in [0.1, 0.15) is 0 Å². The van der Waals surface area contributed by atoms with E-state index in [1.807, 2.05) is 0 Å². The zero-order valence-electron chi connectivity index (χ0n) is 10.7. The average molecular weight is 241 g/mol. The van der Waals surface area contributed by atoms with Crippen LogP contribution < -0.4 is 0 Å². The van der Waals surface area contributed by atoms with Crippen LogP contribution in [-0.2, 0) is 0 Å². The van der Waals surface area contributed by atoms with Gasteiger partial charge in [-0.25, -0.2) is 0 Å². The lowest BCUT2D eigenvalue weighted by atomic mass is 9.86. The van der Waals surface area contributed by atoms with Gasteiger partial charge in [-0.15, -0.1) is 0 Å². The fourth-order valence-corrected chi connectivity index (χ4v) is 3.20. The minimum atomic E-state index is 0.276. The number of hydrogen-bond acceptors (Lipinski definition) is 2. The van der Waals surface area contributed by atoms with Crippen LogP contribution in [0.3, 0.4) is 0 Å². The van der Waals surface area contributed by atoms with E-state index in [0.717, 1.165) is 13.1 Å². The predicted octanol–water partition coefficient (Wildman–Crippen LogP) is 2.48. The monoisotopic (exact) mass is 241 g/mol. The van der Waals surface area contributed by atoms with Crippen molar-refractivity contribution in [1.82, 2.24) is 4.90 Å². The third-order valence-electron chi connectivity index (χ3n) is 4.08. The molecular formula is C16H19NO. The highest BCUT2D eigenvalue weighted by Crippen LogP contribution is 2.35. The number of aliphatic hydroxyl groups excluding tert-OH is 1. The highest BCUT2D eigenvalue weighted by molar-refractivity contribution is 5.86. The molecule has 0 aromatic heterocycles. The Morgan fingerprint density at radius 3 is 2.72 bits per heavy atom. The number of likely N-dealkylation sites (tertiary alicyclic amines) is 1. The van der Waals surface area contributed by atoms with Crippen molar-refractivity contribution in [3.05, 3.63) is 48.0 Å². The van der Waals surface area contributed by atoms with Crippen molar-refractivity contribution in [2.75, 3.05) is 26.7 Å². The molecule has 1 heterocycles. The highest BCUT2D eigenvalue weighted by Gasteiger charge is 2.32. The lowest BCUT2D eigenvalue weighted by Crippen LogP contribution is -2.16. The Labute approximate surface area is 108 Å². The van der Waals surface area contributed by atoms with Gasteiger partial charge >= 0.3 is 0 Å². The smallest absolute Gasteiger partial charge is 0.0477 e. The molecule has 0 saturated carbocycles. The topological polar surface area (TPSA) is 23.5 Å². The Balaban J connectivity index is 2.08. The van der Waals surface area contributed by atoms with E-state index in [-0.39, 0.29) is 6.61 Å². The number of aliphatic hydroxyl groups is 1. The summed E-state index contributed by atoms with van der Waals surface area (Å²) in [5.41, 5.74) is 1.39. The zero-order valence-corrected chi connectivity index (χ0v) is 10.7. The summed E-state index contributed by atoms with van der Waals surface area (Å²) in [5.74, 6) is 0.812. The highest BCUT2D eigenvalue weighted by atomic mass is 16.3. The Morgan fingerprint density at radius 2 is 1.89 bits per heavy atom. The fourth-order valence-electron chi connectivity index (χ4n) is 3.20. The minimum absolute atomic E-state index is 0.276. The first kappa shape index (κ1) is 11.7. The van der Waals surface area contributed by atoms with Gasteiger partial charge in [-0.2, -0.15) is 0 Å². The first-order chi connectivity index (χ1) is 8.79. The molecule has 2 heteroatoms. The summed E-state index contributed by atoms with van der Waals surface area (Å²) in [7, 11) is 2.13. The molecule has 0 spiro atoms. The van der Waals surface area contributed by atoms with Crippen molar-refractivity contribution in [3.63, 3.8) is 0 Å². The molecule has 1 saturated heterocycles. The lowest BCUT2D eigenvalue weighted by Gasteiger charge is -2.18. The van der Waals surface area contributed by atoms with E-state index >= 15 is 0 Å². The second-order valence-electron chi connectivity index (χ2n) is 5.34. The summed E-state index contributed by atoms with van der Waals surface area (Å²) in [6.45, 7) is 2.31. The van der Waals surface area contributed by atoms with E-state index in [0.29, 0.717) is 11.8 Å². The predicted molar refractivity (Wildman–Crippen MR) is 74.8 cm³/mol. The maximum atomic E-state index is 9.56. The molecule has 1 aliphatic heterocycles. The van der Waals surface area contributed by atoms with E-state index in [1.165, 1.54) is 16.3 Å². The summed E-state index contributed by atoms with van der Waals surface area (Å²) in [6, 6.07) is 15.0. The van der Waals surface area contributed by atoms with Crippen LogP contribution in [0.1, 0.15) is 11.5 Å². The van der Waals surface area contributed by atoms with E-state index in [1.54, 1.807) is 0 Å². The normalized spacial score (nSPS) is 24.8. The average Bonchev–Trinajstić information content (AvgIpc) is 2.79. The van der Waals surface area contributed by atoms with E-state index in [9.17, 15) is 5.11 Å². The van der Waals surface area contributed by atoms with E-state index in [2.05, 4.69) is 54.4 Å². The molecule has 94 valence electrons. The van der Waals surface area contributed by atoms with Crippen molar-refractivity contribution < 1.29 is 5.11 Å². The van der Waals surface area contributed by atoms with Crippen LogP contribution in [0.4, 0.5) is 0 Å². The summed E-state index contributed by atoms with van der Waals surface area (Å²) < 4.78 is 0. The van der Waals surface area contributed by atoms with Crippen molar-refractivity contribution >= 4 is 10.8 Å². The number of likely N-dealkylation sites (N-methyl/N-ethyl adjacent to an activating group) is 1. The maximum absolute atomic E-state index is 9.56. The quantitative estimate of drug-likeness (QED) is 0.873. The van der Waals surface area contributed by atoms with E-state index < -0.39 is 0 Å². The van der Waals surface area contributed by atoms with Gasteiger partial charge in [-0.05, 0) is 23.4 Å². The molecule has 2 nitrogen and oxygen atoms in total. The van der Waals surface area contributed by atoms with Crippen LogP contribution in [0, 0.1) is 5.92 Å². The molecule has 1 fully saturated rings. The van der Waals surface area contributed by atoms with Gasteiger partial charge in [-0.1, -0.05) is 42.5 Å². The molecule has 0 amide bonds. The zero-order chi connectivity index (χ0) is 12.5. The third-order valence-corrected chi connectivity index (χ3v) is 4.08. The van der Waals surface area contributed by atoms with Gasteiger partial charge in [-0.3, -0.25) is 0 Å². The first-order valence-corrected chi connectivity index (χ1v) is 6.56. The third kappa shape index (κ3) is 1.92. The largest absolute Gasteiger partial charge is 0.396 e. The first-order valence-electron chi connectivity index (χ1n) is 6.56. The molecule has 1 N–H and O–H groups in total. The second-order valence-corrected chi connectivity index (χ2v) is 5.34. The SMILES string of the molecule is CN1C[C@@H](CO)[C@H](c2cccc3ccccc23)C1. The standard InChI is InChI=1S/C16H19NO/c1-17-9-13(11-18)16(10-17)15-8-4-6-12-5-2-3-7-14(12)15/h2-8,13,16,18H,9-11H2,1H3/t13-,16+/m0/s1. The maximum Gasteiger partial charge on any atom is 0.0477 e. The van der Waals surface area contributed by atoms with Crippen molar-refractivity contribution in [2.24, 2.45) is 5.92 Å². The Hall–Kier alpha value is -1.38.